The van der Waals surface area contributed by atoms with Crippen LogP contribution in [0, 0.1) is 5.92 Å². The molecule has 0 aliphatic carbocycles. The molecule has 1 aliphatic heterocycles. The minimum atomic E-state index is 0.136. The molecular formula is C16H15Cl2NO. The molecule has 0 radical (unpaired) electrons. The highest BCUT2D eigenvalue weighted by Crippen LogP contribution is 2.40. The van der Waals surface area contributed by atoms with E-state index in [1.54, 1.807) is 0 Å². The van der Waals surface area contributed by atoms with Gasteiger partial charge < -0.3 is 10.1 Å². The molecule has 0 bridgehead atoms. The summed E-state index contributed by atoms with van der Waals surface area (Å²) in [7, 11) is 0. The Hall–Kier alpha value is -1.38. The van der Waals surface area contributed by atoms with Crippen molar-refractivity contribution in [3.05, 3.63) is 58.1 Å². The van der Waals surface area contributed by atoms with Crippen molar-refractivity contribution in [2.45, 2.75) is 13.0 Å². The number of anilines is 1. The highest BCUT2D eigenvalue weighted by Gasteiger charge is 2.28. The lowest BCUT2D eigenvalue weighted by molar-refractivity contribution is 0.214. The van der Waals surface area contributed by atoms with E-state index in [-0.39, 0.29) is 6.04 Å². The van der Waals surface area contributed by atoms with Crippen molar-refractivity contribution in [1.82, 2.24) is 0 Å². The third-order valence-corrected chi connectivity index (χ3v) is 4.22. The van der Waals surface area contributed by atoms with E-state index in [2.05, 4.69) is 18.3 Å². The number of benzene rings is 2. The molecule has 4 heteroatoms. The third kappa shape index (κ3) is 2.46. The fraction of sp³-hybridized carbons (Fsp3) is 0.250. The van der Waals surface area contributed by atoms with Crippen LogP contribution in [0.2, 0.25) is 10.0 Å². The van der Waals surface area contributed by atoms with Crippen LogP contribution in [0.15, 0.2) is 42.5 Å². The first-order chi connectivity index (χ1) is 9.66. The Kier molecular flexibility index (Phi) is 3.77. The van der Waals surface area contributed by atoms with Crippen LogP contribution in [0.4, 0.5) is 5.69 Å². The molecule has 2 atom stereocenters. The van der Waals surface area contributed by atoms with Gasteiger partial charge in [-0.1, -0.05) is 54.4 Å². The molecule has 2 aromatic carbocycles. The number of hydrogen-bond donors (Lipinski definition) is 1. The van der Waals surface area contributed by atoms with Gasteiger partial charge in [-0.15, -0.1) is 0 Å². The summed E-state index contributed by atoms with van der Waals surface area (Å²) in [6.07, 6.45) is 0. The van der Waals surface area contributed by atoms with E-state index in [1.165, 1.54) is 0 Å². The van der Waals surface area contributed by atoms with Gasteiger partial charge in [-0.3, -0.25) is 0 Å². The van der Waals surface area contributed by atoms with Crippen LogP contribution < -0.4 is 10.1 Å². The highest BCUT2D eigenvalue weighted by atomic mass is 35.5. The van der Waals surface area contributed by atoms with Crippen molar-refractivity contribution in [3.63, 3.8) is 0 Å². The average molecular weight is 308 g/mol. The number of ether oxygens (including phenoxy) is 1. The summed E-state index contributed by atoms with van der Waals surface area (Å²) in [5, 5.41) is 4.75. The first-order valence-corrected chi connectivity index (χ1v) is 7.34. The lowest BCUT2D eigenvalue weighted by atomic mass is 9.92. The molecule has 1 N–H and O–H groups in total. The third-order valence-electron chi connectivity index (χ3n) is 3.59. The van der Waals surface area contributed by atoms with Crippen molar-refractivity contribution in [3.8, 4) is 5.75 Å². The lowest BCUT2D eigenvalue weighted by Crippen LogP contribution is -2.29. The summed E-state index contributed by atoms with van der Waals surface area (Å²) < 4.78 is 5.76. The van der Waals surface area contributed by atoms with Crippen LogP contribution in [0.5, 0.6) is 5.75 Å². The van der Waals surface area contributed by atoms with E-state index in [4.69, 9.17) is 27.9 Å². The van der Waals surface area contributed by atoms with Crippen molar-refractivity contribution in [2.75, 3.05) is 11.9 Å². The lowest BCUT2D eigenvalue weighted by Gasteiger charge is -2.33. The molecule has 0 fully saturated rings. The maximum atomic E-state index is 6.25. The number of nitrogens with one attached hydrogen (secondary N) is 1. The number of halogens is 2. The second-order valence-electron chi connectivity index (χ2n) is 5.04. The number of fused-ring (bicyclic) bond motifs is 1. The second-order valence-corrected chi connectivity index (χ2v) is 5.86. The van der Waals surface area contributed by atoms with Crippen molar-refractivity contribution < 1.29 is 4.74 Å². The van der Waals surface area contributed by atoms with E-state index in [0.29, 0.717) is 22.6 Å². The molecule has 0 amide bonds. The minimum Gasteiger partial charge on any atom is -0.493 e. The first kappa shape index (κ1) is 13.6. The Bertz CT molecular complexity index is 609. The van der Waals surface area contributed by atoms with E-state index in [1.807, 2.05) is 36.4 Å². The van der Waals surface area contributed by atoms with Gasteiger partial charge in [-0.2, -0.15) is 0 Å². The van der Waals surface area contributed by atoms with E-state index < -0.39 is 0 Å². The molecule has 20 heavy (non-hydrogen) atoms. The van der Waals surface area contributed by atoms with E-state index in [9.17, 15) is 0 Å². The molecule has 0 aromatic heterocycles. The summed E-state index contributed by atoms with van der Waals surface area (Å²) in [6.45, 7) is 2.83. The standard InChI is InChI=1S/C16H15Cl2NO/c1-10-9-20-14-8-3-2-5-11(14)15(10)19-16-12(17)6-4-7-13(16)18/h2-8,10,15,19H,9H2,1H3. The highest BCUT2D eigenvalue weighted by molar-refractivity contribution is 6.39. The van der Waals surface area contributed by atoms with Gasteiger partial charge in [-0.05, 0) is 18.2 Å². The van der Waals surface area contributed by atoms with Gasteiger partial charge in [0.05, 0.1) is 28.4 Å². The first-order valence-electron chi connectivity index (χ1n) is 6.59. The fourth-order valence-electron chi connectivity index (χ4n) is 2.50. The van der Waals surface area contributed by atoms with Gasteiger partial charge in [0.25, 0.3) is 0 Å². The Labute approximate surface area is 128 Å². The van der Waals surface area contributed by atoms with Crippen LogP contribution in [0.3, 0.4) is 0 Å². The Morgan fingerprint density at radius 3 is 2.50 bits per heavy atom. The summed E-state index contributed by atoms with van der Waals surface area (Å²) in [4.78, 5) is 0. The predicted octanol–water partition coefficient (Wildman–Crippen LogP) is 5.18. The van der Waals surface area contributed by atoms with E-state index >= 15 is 0 Å². The molecule has 0 saturated heterocycles. The second kappa shape index (κ2) is 5.55. The van der Waals surface area contributed by atoms with Crippen LogP contribution in [0.1, 0.15) is 18.5 Å². The zero-order valence-corrected chi connectivity index (χ0v) is 12.6. The fourth-order valence-corrected chi connectivity index (χ4v) is 3.01. The number of rotatable bonds is 2. The molecule has 3 rings (SSSR count). The molecule has 0 spiro atoms. The van der Waals surface area contributed by atoms with Crippen molar-refractivity contribution in [2.24, 2.45) is 5.92 Å². The molecule has 2 aromatic rings. The van der Waals surface area contributed by atoms with Crippen LogP contribution >= 0.6 is 23.2 Å². The SMILES string of the molecule is CC1COc2ccccc2C1Nc1c(Cl)cccc1Cl. The van der Waals surface area contributed by atoms with Crippen LogP contribution in [-0.2, 0) is 0 Å². The summed E-state index contributed by atoms with van der Waals surface area (Å²) >= 11 is 12.5. The number of hydrogen-bond acceptors (Lipinski definition) is 2. The van der Waals surface area contributed by atoms with Crippen molar-refractivity contribution >= 4 is 28.9 Å². The van der Waals surface area contributed by atoms with E-state index in [0.717, 1.165) is 17.0 Å². The maximum Gasteiger partial charge on any atom is 0.124 e. The molecule has 1 heterocycles. The topological polar surface area (TPSA) is 21.3 Å². The molecular weight excluding hydrogens is 293 g/mol. The van der Waals surface area contributed by atoms with Crippen molar-refractivity contribution in [1.29, 1.82) is 0 Å². The average Bonchev–Trinajstić information content (AvgIpc) is 2.45. The predicted molar refractivity (Wildman–Crippen MR) is 83.9 cm³/mol. The normalized spacial score (nSPS) is 20.9. The Balaban J connectivity index is 1.98. The van der Waals surface area contributed by atoms with Crippen LogP contribution in [-0.4, -0.2) is 6.61 Å². The van der Waals surface area contributed by atoms with Gasteiger partial charge >= 0.3 is 0 Å². The maximum absolute atomic E-state index is 6.25. The molecule has 104 valence electrons. The van der Waals surface area contributed by atoms with Gasteiger partial charge in [0.2, 0.25) is 0 Å². The van der Waals surface area contributed by atoms with Gasteiger partial charge in [0, 0.05) is 11.5 Å². The molecule has 1 aliphatic rings. The minimum absolute atomic E-state index is 0.136. The largest absolute Gasteiger partial charge is 0.493 e. The quantitative estimate of drug-likeness (QED) is 0.826. The van der Waals surface area contributed by atoms with Gasteiger partial charge in [-0.25, -0.2) is 0 Å². The molecule has 2 unspecified atom stereocenters. The van der Waals surface area contributed by atoms with Gasteiger partial charge in [0.15, 0.2) is 0 Å². The number of para-hydroxylation sites is 2. The Morgan fingerprint density at radius 2 is 1.75 bits per heavy atom. The monoisotopic (exact) mass is 307 g/mol. The molecule has 0 saturated carbocycles. The summed E-state index contributed by atoms with van der Waals surface area (Å²) in [6, 6.07) is 13.7. The van der Waals surface area contributed by atoms with Crippen LogP contribution in [0.25, 0.3) is 0 Å². The zero-order chi connectivity index (χ0) is 14.1. The summed E-state index contributed by atoms with van der Waals surface area (Å²) in [5.74, 6) is 1.25. The Morgan fingerprint density at radius 1 is 1.05 bits per heavy atom. The smallest absolute Gasteiger partial charge is 0.124 e. The molecule has 2 nitrogen and oxygen atoms in total. The van der Waals surface area contributed by atoms with Gasteiger partial charge in [0.1, 0.15) is 5.75 Å². The summed E-state index contributed by atoms with van der Waals surface area (Å²) in [5.41, 5.74) is 1.92. The zero-order valence-electron chi connectivity index (χ0n) is 11.1.